The van der Waals surface area contributed by atoms with Gasteiger partial charge in [-0.3, -0.25) is 4.90 Å². The van der Waals surface area contributed by atoms with Crippen LogP contribution in [-0.4, -0.2) is 31.2 Å². The number of nitrogens with zero attached hydrogens (tertiary/aromatic N) is 1. The number of rotatable bonds is 3. The summed E-state index contributed by atoms with van der Waals surface area (Å²) in [6.45, 7) is 6.66. The molecule has 0 spiro atoms. The predicted molar refractivity (Wildman–Crippen MR) is 80.9 cm³/mol. The van der Waals surface area contributed by atoms with Crippen LogP contribution in [0.25, 0.3) is 0 Å². The van der Waals surface area contributed by atoms with E-state index in [9.17, 15) is 0 Å². The Morgan fingerprint density at radius 1 is 1.21 bits per heavy atom. The summed E-state index contributed by atoms with van der Waals surface area (Å²) in [5.74, 6) is 0. The van der Waals surface area contributed by atoms with Crippen LogP contribution in [0.1, 0.15) is 49.5 Å². The maximum absolute atomic E-state index is 5.65. The van der Waals surface area contributed by atoms with Gasteiger partial charge in [0.25, 0.3) is 0 Å². The number of hydrogen-bond donors (Lipinski definition) is 0. The van der Waals surface area contributed by atoms with E-state index in [1.807, 2.05) is 11.3 Å². The Hall–Kier alpha value is -0.380. The molecule has 0 bridgehead atoms. The third-order valence-corrected chi connectivity index (χ3v) is 5.97. The lowest BCUT2D eigenvalue weighted by Gasteiger charge is -2.47. The molecule has 3 heterocycles. The van der Waals surface area contributed by atoms with Crippen molar-refractivity contribution in [3.63, 3.8) is 0 Å². The summed E-state index contributed by atoms with van der Waals surface area (Å²) < 4.78 is 5.65. The van der Waals surface area contributed by atoms with Gasteiger partial charge in [0.05, 0.1) is 5.54 Å². The molecule has 2 aliphatic rings. The molecule has 0 unspecified atom stereocenters. The molecule has 106 valence electrons. The monoisotopic (exact) mass is 279 g/mol. The molecule has 0 amide bonds. The van der Waals surface area contributed by atoms with Gasteiger partial charge in [-0.1, -0.05) is 13.3 Å². The first-order valence-corrected chi connectivity index (χ1v) is 8.64. The molecule has 2 nitrogen and oxygen atoms in total. The lowest BCUT2D eigenvalue weighted by Crippen LogP contribution is -2.51. The molecule has 2 fully saturated rings. The van der Waals surface area contributed by atoms with Gasteiger partial charge in [-0.05, 0) is 62.2 Å². The average molecular weight is 279 g/mol. The molecule has 19 heavy (non-hydrogen) atoms. The Morgan fingerprint density at radius 3 is 2.58 bits per heavy atom. The molecule has 1 aromatic heterocycles. The number of ether oxygens (including phenoxy) is 1. The lowest BCUT2D eigenvalue weighted by molar-refractivity contribution is -0.0382. The number of likely N-dealkylation sites (tertiary alicyclic amines) is 1. The summed E-state index contributed by atoms with van der Waals surface area (Å²) in [7, 11) is 0. The van der Waals surface area contributed by atoms with E-state index in [0.717, 1.165) is 19.6 Å². The zero-order valence-corrected chi connectivity index (χ0v) is 12.8. The van der Waals surface area contributed by atoms with Crippen LogP contribution in [-0.2, 0) is 16.7 Å². The highest BCUT2D eigenvalue weighted by molar-refractivity contribution is 7.10. The van der Waals surface area contributed by atoms with E-state index in [0.29, 0.717) is 0 Å². The SMILES string of the molecule is CCc1csc(C2(N3CCCCC3)CCOCC2)c1. The first kappa shape index (κ1) is 13.6. The second-order valence-corrected chi connectivity index (χ2v) is 6.78. The molecule has 0 aliphatic carbocycles. The van der Waals surface area contributed by atoms with Gasteiger partial charge in [-0.25, -0.2) is 0 Å². The minimum atomic E-state index is 0.288. The highest BCUT2D eigenvalue weighted by atomic mass is 32.1. The quantitative estimate of drug-likeness (QED) is 0.834. The Labute approximate surface area is 120 Å². The van der Waals surface area contributed by atoms with Crippen molar-refractivity contribution < 1.29 is 4.74 Å². The molecule has 3 rings (SSSR count). The number of thiophene rings is 1. The van der Waals surface area contributed by atoms with Crippen molar-refractivity contribution >= 4 is 11.3 Å². The second kappa shape index (κ2) is 5.94. The first-order chi connectivity index (χ1) is 9.35. The zero-order chi connectivity index (χ0) is 13.1. The Kier molecular flexibility index (Phi) is 4.25. The maximum atomic E-state index is 5.65. The Morgan fingerprint density at radius 2 is 1.95 bits per heavy atom. The predicted octanol–water partition coefficient (Wildman–Crippen LogP) is 3.80. The molecule has 2 aliphatic heterocycles. The summed E-state index contributed by atoms with van der Waals surface area (Å²) in [4.78, 5) is 4.36. The van der Waals surface area contributed by atoms with Crippen LogP contribution in [0.5, 0.6) is 0 Å². The van der Waals surface area contributed by atoms with Crippen molar-refractivity contribution in [2.45, 2.75) is 51.0 Å². The Balaban J connectivity index is 1.90. The van der Waals surface area contributed by atoms with Gasteiger partial charge in [0, 0.05) is 18.1 Å². The van der Waals surface area contributed by atoms with E-state index in [1.54, 1.807) is 4.88 Å². The minimum Gasteiger partial charge on any atom is -0.381 e. The fourth-order valence-corrected chi connectivity index (χ4v) is 4.84. The standard InChI is InChI=1S/C16H25NOS/c1-2-14-12-15(19-13-14)16(6-10-18-11-7-16)17-8-4-3-5-9-17/h12-13H,2-11H2,1H3. The van der Waals surface area contributed by atoms with Crippen molar-refractivity contribution in [3.8, 4) is 0 Å². The maximum Gasteiger partial charge on any atom is 0.0597 e. The molecule has 0 saturated carbocycles. The summed E-state index contributed by atoms with van der Waals surface area (Å²) >= 11 is 1.98. The van der Waals surface area contributed by atoms with Crippen LogP contribution in [0.4, 0.5) is 0 Å². The van der Waals surface area contributed by atoms with E-state index >= 15 is 0 Å². The average Bonchev–Trinajstić information content (AvgIpc) is 2.98. The van der Waals surface area contributed by atoms with Gasteiger partial charge in [-0.2, -0.15) is 0 Å². The van der Waals surface area contributed by atoms with Crippen LogP contribution in [0.15, 0.2) is 11.4 Å². The highest BCUT2D eigenvalue weighted by Gasteiger charge is 2.41. The van der Waals surface area contributed by atoms with E-state index in [-0.39, 0.29) is 5.54 Å². The molecule has 0 atom stereocenters. The molecule has 3 heteroatoms. The molecular weight excluding hydrogens is 254 g/mol. The summed E-state index contributed by atoms with van der Waals surface area (Å²) in [6, 6.07) is 2.46. The molecule has 0 aromatic carbocycles. The van der Waals surface area contributed by atoms with Crippen LogP contribution < -0.4 is 0 Å². The van der Waals surface area contributed by atoms with Gasteiger partial charge in [-0.15, -0.1) is 11.3 Å². The van der Waals surface area contributed by atoms with Crippen molar-refractivity contribution in [3.05, 3.63) is 21.9 Å². The third kappa shape index (κ3) is 2.61. The van der Waals surface area contributed by atoms with Crippen molar-refractivity contribution in [2.24, 2.45) is 0 Å². The Bertz CT molecular complexity index is 403. The fraction of sp³-hybridized carbons (Fsp3) is 0.750. The summed E-state index contributed by atoms with van der Waals surface area (Å²) in [5, 5.41) is 2.36. The van der Waals surface area contributed by atoms with Gasteiger partial charge in [0.15, 0.2) is 0 Å². The topological polar surface area (TPSA) is 12.5 Å². The van der Waals surface area contributed by atoms with E-state index < -0.39 is 0 Å². The van der Waals surface area contributed by atoms with Gasteiger partial charge >= 0.3 is 0 Å². The summed E-state index contributed by atoms with van der Waals surface area (Å²) in [5.41, 5.74) is 1.79. The molecule has 1 aromatic rings. The molecular formula is C16H25NOS. The molecule has 0 N–H and O–H groups in total. The third-order valence-electron chi connectivity index (χ3n) is 4.80. The van der Waals surface area contributed by atoms with Gasteiger partial charge in [0.2, 0.25) is 0 Å². The zero-order valence-electron chi connectivity index (χ0n) is 12.0. The first-order valence-electron chi connectivity index (χ1n) is 7.76. The highest BCUT2D eigenvalue weighted by Crippen LogP contribution is 2.42. The van der Waals surface area contributed by atoms with Crippen LogP contribution in [0, 0.1) is 0 Å². The lowest BCUT2D eigenvalue weighted by atomic mass is 9.84. The second-order valence-electron chi connectivity index (χ2n) is 5.86. The van der Waals surface area contributed by atoms with Crippen molar-refractivity contribution in [2.75, 3.05) is 26.3 Å². The van der Waals surface area contributed by atoms with Crippen LogP contribution in [0.3, 0.4) is 0 Å². The van der Waals surface area contributed by atoms with Crippen molar-refractivity contribution in [1.82, 2.24) is 4.90 Å². The van der Waals surface area contributed by atoms with Gasteiger partial charge < -0.3 is 4.74 Å². The van der Waals surface area contributed by atoms with E-state index in [4.69, 9.17) is 4.74 Å². The van der Waals surface area contributed by atoms with Crippen LogP contribution in [0.2, 0.25) is 0 Å². The largest absolute Gasteiger partial charge is 0.381 e. The van der Waals surface area contributed by atoms with Crippen molar-refractivity contribution in [1.29, 1.82) is 0 Å². The van der Waals surface area contributed by atoms with E-state index in [1.165, 1.54) is 50.8 Å². The smallest absolute Gasteiger partial charge is 0.0597 e. The molecule has 2 saturated heterocycles. The minimum absolute atomic E-state index is 0.288. The van der Waals surface area contributed by atoms with E-state index in [2.05, 4.69) is 23.3 Å². The van der Waals surface area contributed by atoms with Gasteiger partial charge in [0.1, 0.15) is 0 Å². The number of piperidine rings is 1. The number of hydrogen-bond acceptors (Lipinski definition) is 3. The number of aryl methyl sites for hydroxylation is 1. The van der Waals surface area contributed by atoms with Crippen LogP contribution >= 0.6 is 11.3 Å². The normalized spacial score (nSPS) is 24.5. The summed E-state index contributed by atoms with van der Waals surface area (Å²) in [6.07, 6.45) is 7.66. The molecule has 0 radical (unpaired) electrons. The fourth-order valence-electron chi connectivity index (χ4n) is 3.55.